The van der Waals surface area contributed by atoms with Gasteiger partial charge in [0.25, 0.3) is 0 Å². The number of rotatable bonds is 3. The number of carbonyl (C=O) groups is 2. The third-order valence-corrected chi connectivity index (χ3v) is 3.95. The van der Waals surface area contributed by atoms with Crippen LogP contribution in [0.3, 0.4) is 0 Å². The molecule has 1 saturated carbocycles. The molecule has 2 rings (SSSR count). The Balaban J connectivity index is 2.00. The lowest BCUT2D eigenvalue weighted by Crippen LogP contribution is -2.41. The minimum absolute atomic E-state index is 0.0743. The van der Waals surface area contributed by atoms with E-state index in [4.69, 9.17) is 5.11 Å². The summed E-state index contributed by atoms with van der Waals surface area (Å²) in [5, 5.41) is 11.8. The Morgan fingerprint density at radius 3 is 2.05 bits per heavy atom. The minimum Gasteiger partial charge on any atom is -0.481 e. The van der Waals surface area contributed by atoms with Crippen molar-refractivity contribution in [3.05, 3.63) is 29.8 Å². The molecular formula is C16H21NO3. The lowest BCUT2D eigenvalue weighted by Gasteiger charge is -2.32. The van der Waals surface area contributed by atoms with Crippen molar-refractivity contribution in [2.24, 2.45) is 11.8 Å². The van der Waals surface area contributed by atoms with Crippen LogP contribution in [0.4, 0.5) is 5.69 Å². The standard InChI is InChI=1S/C16H21NO3/c1-16(2,3)10-4-6-11(7-5-10)17-14(18)12-8-9-13(12)15(19)20/h4-7,12-13H,8-9H2,1-3H3,(H,17,18)(H,19,20). The molecule has 20 heavy (non-hydrogen) atoms. The second-order valence-corrected chi connectivity index (χ2v) is 6.45. The van der Waals surface area contributed by atoms with Gasteiger partial charge in [-0.15, -0.1) is 0 Å². The molecule has 2 N–H and O–H groups in total. The molecule has 0 radical (unpaired) electrons. The zero-order valence-electron chi connectivity index (χ0n) is 12.1. The molecule has 0 aliphatic heterocycles. The van der Waals surface area contributed by atoms with Crippen LogP contribution in [0.5, 0.6) is 0 Å². The topological polar surface area (TPSA) is 66.4 Å². The van der Waals surface area contributed by atoms with Gasteiger partial charge in [0.2, 0.25) is 5.91 Å². The first-order valence-corrected chi connectivity index (χ1v) is 6.93. The van der Waals surface area contributed by atoms with Crippen molar-refractivity contribution in [1.29, 1.82) is 0 Å². The van der Waals surface area contributed by atoms with Gasteiger partial charge in [-0.3, -0.25) is 9.59 Å². The van der Waals surface area contributed by atoms with E-state index in [1.807, 2.05) is 24.3 Å². The SMILES string of the molecule is CC(C)(C)c1ccc(NC(=O)C2CCC2C(=O)O)cc1. The monoisotopic (exact) mass is 275 g/mol. The van der Waals surface area contributed by atoms with Crippen LogP contribution < -0.4 is 5.32 Å². The molecule has 4 nitrogen and oxygen atoms in total. The summed E-state index contributed by atoms with van der Waals surface area (Å²) in [5.41, 5.74) is 1.99. The fraction of sp³-hybridized carbons (Fsp3) is 0.500. The maximum absolute atomic E-state index is 12.0. The fourth-order valence-electron chi connectivity index (χ4n) is 2.40. The Hall–Kier alpha value is -1.84. The molecule has 0 saturated heterocycles. The maximum atomic E-state index is 12.0. The van der Waals surface area contributed by atoms with Gasteiger partial charge < -0.3 is 10.4 Å². The first-order chi connectivity index (χ1) is 9.29. The Bertz CT molecular complexity index is 514. The minimum atomic E-state index is -0.875. The number of hydrogen-bond donors (Lipinski definition) is 2. The van der Waals surface area contributed by atoms with E-state index in [1.165, 1.54) is 5.56 Å². The predicted octanol–water partition coefficient (Wildman–Crippen LogP) is 3.03. The van der Waals surface area contributed by atoms with Crippen LogP contribution in [-0.2, 0) is 15.0 Å². The highest BCUT2D eigenvalue weighted by atomic mass is 16.4. The first-order valence-electron chi connectivity index (χ1n) is 6.93. The molecular weight excluding hydrogens is 254 g/mol. The Labute approximate surface area is 119 Å². The van der Waals surface area contributed by atoms with Crippen LogP contribution in [0.1, 0.15) is 39.2 Å². The summed E-state index contributed by atoms with van der Waals surface area (Å²) in [7, 11) is 0. The Kier molecular flexibility index (Phi) is 3.84. The molecule has 1 aliphatic carbocycles. The largest absolute Gasteiger partial charge is 0.481 e. The normalized spacial score (nSPS) is 21.9. The van der Waals surface area contributed by atoms with E-state index in [0.717, 1.165) is 5.69 Å². The molecule has 1 fully saturated rings. The van der Waals surface area contributed by atoms with Crippen LogP contribution >= 0.6 is 0 Å². The van der Waals surface area contributed by atoms with E-state index in [1.54, 1.807) is 0 Å². The second kappa shape index (κ2) is 5.27. The molecule has 0 aromatic heterocycles. The van der Waals surface area contributed by atoms with Crippen molar-refractivity contribution in [2.45, 2.75) is 39.0 Å². The van der Waals surface area contributed by atoms with Crippen molar-refractivity contribution in [2.75, 3.05) is 5.32 Å². The summed E-state index contributed by atoms with van der Waals surface area (Å²) < 4.78 is 0. The highest BCUT2D eigenvalue weighted by Crippen LogP contribution is 2.35. The van der Waals surface area contributed by atoms with Crippen LogP contribution in [0.25, 0.3) is 0 Å². The van der Waals surface area contributed by atoms with E-state index in [2.05, 4.69) is 26.1 Å². The molecule has 108 valence electrons. The molecule has 2 atom stereocenters. The van der Waals surface area contributed by atoms with E-state index >= 15 is 0 Å². The lowest BCUT2D eigenvalue weighted by atomic mass is 9.73. The number of nitrogens with one attached hydrogen (secondary N) is 1. The van der Waals surface area contributed by atoms with Gasteiger partial charge in [-0.25, -0.2) is 0 Å². The number of hydrogen-bond acceptors (Lipinski definition) is 2. The van der Waals surface area contributed by atoms with Gasteiger partial charge in [-0.05, 0) is 36.0 Å². The molecule has 4 heteroatoms. The van der Waals surface area contributed by atoms with Gasteiger partial charge in [-0.2, -0.15) is 0 Å². The molecule has 0 bridgehead atoms. The van der Waals surface area contributed by atoms with E-state index in [9.17, 15) is 9.59 Å². The van der Waals surface area contributed by atoms with Gasteiger partial charge in [0.05, 0.1) is 11.8 Å². The number of carboxylic acids is 1. The van der Waals surface area contributed by atoms with Gasteiger partial charge in [0.15, 0.2) is 0 Å². The quantitative estimate of drug-likeness (QED) is 0.891. The number of aliphatic carboxylic acids is 1. The average Bonchev–Trinajstić information content (AvgIpc) is 2.25. The highest BCUT2D eigenvalue weighted by molar-refractivity contribution is 5.96. The Morgan fingerprint density at radius 1 is 1.10 bits per heavy atom. The fourth-order valence-corrected chi connectivity index (χ4v) is 2.40. The summed E-state index contributed by atoms with van der Waals surface area (Å²) in [6, 6.07) is 7.72. The van der Waals surface area contributed by atoms with Gasteiger partial charge in [0.1, 0.15) is 0 Å². The van der Waals surface area contributed by atoms with Crippen molar-refractivity contribution >= 4 is 17.6 Å². The number of benzene rings is 1. The summed E-state index contributed by atoms with van der Waals surface area (Å²) in [6.07, 6.45) is 1.25. The van der Waals surface area contributed by atoms with Gasteiger partial charge in [-0.1, -0.05) is 32.9 Å². The van der Waals surface area contributed by atoms with E-state index in [0.29, 0.717) is 12.8 Å². The average molecular weight is 275 g/mol. The second-order valence-electron chi connectivity index (χ2n) is 6.45. The number of carbonyl (C=O) groups excluding carboxylic acids is 1. The number of amides is 1. The van der Waals surface area contributed by atoms with Crippen molar-refractivity contribution in [3.8, 4) is 0 Å². The predicted molar refractivity (Wildman–Crippen MR) is 77.6 cm³/mol. The summed E-state index contributed by atoms with van der Waals surface area (Å²) in [5.74, 6) is -1.98. The summed E-state index contributed by atoms with van der Waals surface area (Å²) in [4.78, 5) is 22.9. The Morgan fingerprint density at radius 2 is 1.65 bits per heavy atom. The maximum Gasteiger partial charge on any atom is 0.307 e. The van der Waals surface area contributed by atoms with Crippen LogP contribution in [0.2, 0.25) is 0 Å². The van der Waals surface area contributed by atoms with Crippen molar-refractivity contribution in [1.82, 2.24) is 0 Å². The number of carboxylic acid groups (broad SMARTS) is 1. The first kappa shape index (κ1) is 14.6. The molecule has 1 aliphatic rings. The van der Waals surface area contributed by atoms with Crippen molar-refractivity contribution in [3.63, 3.8) is 0 Å². The third-order valence-electron chi connectivity index (χ3n) is 3.95. The molecule has 0 spiro atoms. The summed E-state index contributed by atoms with van der Waals surface area (Å²) >= 11 is 0. The third kappa shape index (κ3) is 3.00. The van der Waals surface area contributed by atoms with Gasteiger partial charge in [0, 0.05) is 5.69 Å². The van der Waals surface area contributed by atoms with E-state index in [-0.39, 0.29) is 11.3 Å². The zero-order chi connectivity index (χ0) is 14.9. The lowest BCUT2D eigenvalue weighted by molar-refractivity contribution is -0.151. The smallest absolute Gasteiger partial charge is 0.307 e. The summed E-state index contributed by atoms with van der Waals surface area (Å²) in [6.45, 7) is 6.39. The molecule has 1 aromatic rings. The van der Waals surface area contributed by atoms with Crippen molar-refractivity contribution < 1.29 is 14.7 Å². The van der Waals surface area contributed by atoms with Gasteiger partial charge >= 0.3 is 5.97 Å². The zero-order valence-corrected chi connectivity index (χ0v) is 12.1. The van der Waals surface area contributed by atoms with Crippen LogP contribution in [-0.4, -0.2) is 17.0 Å². The molecule has 0 heterocycles. The highest BCUT2D eigenvalue weighted by Gasteiger charge is 2.41. The van der Waals surface area contributed by atoms with E-state index < -0.39 is 17.8 Å². The molecule has 1 aromatic carbocycles. The molecule has 1 amide bonds. The number of anilines is 1. The van der Waals surface area contributed by atoms with Crippen LogP contribution in [0.15, 0.2) is 24.3 Å². The molecule has 2 unspecified atom stereocenters. The van der Waals surface area contributed by atoms with Crippen LogP contribution in [0, 0.1) is 11.8 Å².